The first kappa shape index (κ1) is 12.3. The number of nitrogens with zero attached hydrogens (tertiary/aromatic N) is 3. The number of methoxy groups -OCH3 is 1. The van der Waals surface area contributed by atoms with Crippen molar-refractivity contribution in [2.45, 2.75) is 13.3 Å². The number of aryl methyl sites for hydroxylation is 1. The summed E-state index contributed by atoms with van der Waals surface area (Å²) in [6.45, 7) is 2.00. The van der Waals surface area contributed by atoms with E-state index in [2.05, 4.69) is 16.3 Å². The lowest BCUT2D eigenvalue weighted by Gasteiger charge is -2.10. The molecule has 0 spiro atoms. The maximum absolute atomic E-state index is 8.88. The molecule has 0 amide bonds. The van der Waals surface area contributed by atoms with Crippen LogP contribution in [0.3, 0.4) is 0 Å². The number of H-pyrrole nitrogens is 1. The molecule has 1 heterocycles. The summed E-state index contributed by atoms with van der Waals surface area (Å²) in [6.07, 6.45) is 0.746. The lowest BCUT2D eigenvalue weighted by atomic mass is 10.2. The summed E-state index contributed by atoms with van der Waals surface area (Å²) in [5.74, 6) is 1.42. The van der Waals surface area contributed by atoms with E-state index in [0.29, 0.717) is 16.1 Å². The monoisotopic (exact) mass is 260 g/mol. The lowest BCUT2D eigenvalue weighted by Crippen LogP contribution is -2.03. The summed E-state index contributed by atoms with van der Waals surface area (Å²) in [7, 11) is 1.56. The number of aromatic nitrogens is 3. The molecule has 0 saturated carbocycles. The summed E-state index contributed by atoms with van der Waals surface area (Å²) in [4.78, 5) is 0. The Balaban J connectivity index is 2.68. The van der Waals surface area contributed by atoms with Crippen LogP contribution in [0, 0.1) is 16.1 Å². The summed E-state index contributed by atoms with van der Waals surface area (Å²) >= 11 is 5.21. The van der Waals surface area contributed by atoms with Crippen LogP contribution in [0.2, 0.25) is 0 Å². The van der Waals surface area contributed by atoms with Crippen LogP contribution in [0.4, 0.5) is 0 Å². The van der Waals surface area contributed by atoms with E-state index in [1.165, 1.54) is 0 Å². The quantitative estimate of drug-likeness (QED) is 0.860. The smallest absolute Gasteiger partial charge is 0.199 e. The van der Waals surface area contributed by atoms with E-state index in [1.807, 2.05) is 17.6 Å². The second-order valence-electron chi connectivity index (χ2n) is 3.63. The number of hydrogen-bond donors (Lipinski definition) is 1. The Bertz CT molecular complexity index is 665. The topological polar surface area (TPSA) is 66.6 Å². The maximum Gasteiger partial charge on any atom is 0.199 e. The Morgan fingerprint density at radius 1 is 1.56 bits per heavy atom. The van der Waals surface area contributed by atoms with E-state index < -0.39 is 0 Å². The van der Waals surface area contributed by atoms with Crippen LogP contribution in [0.25, 0.3) is 5.69 Å². The second-order valence-corrected chi connectivity index (χ2v) is 4.02. The van der Waals surface area contributed by atoms with E-state index in [1.54, 1.807) is 19.2 Å². The van der Waals surface area contributed by atoms with E-state index in [9.17, 15) is 0 Å². The van der Waals surface area contributed by atoms with Crippen LogP contribution in [0.5, 0.6) is 5.75 Å². The van der Waals surface area contributed by atoms with Crippen LogP contribution < -0.4 is 4.74 Å². The van der Waals surface area contributed by atoms with Gasteiger partial charge in [0.05, 0.1) is 24.4 Å². The van der Waals surface area contributed by atoms with Crippen LogP contribution in [0.1, 0.15) is 18.3 Å². The SMILES string of the molecule is CCc1n[nH]c(=S)n1-c1ccc(C#N)cc1OC. The highest BCUT2D eigenvalue weighted by atomic mass is 32.1. The molecule has 2 rings (SSSR count). The summed E-state index contributed by atoms with van der Waals surface area (Å²) in [5.41, 5.74) is 1.33. The third-order valence-corrected chi connectivity index (χ3v) is 2.88. The summed E-state index contributed by atoms with van der Waals surface area (Å²) < 4.78 is 7.63. The minimum Gasteiger partial charge on any atom is -0.495 e. The molecular weight excluding hydrogens is 248 g/mol. The van der Waals surface area contributed by atoms with Gasteiger partial charge < -0.3 is 4.74 Å². The Kier molecular flexibility index (Phi) is 3.44. The summed E-state index contributed by atoms with van der Waals surface area (Å²) in [6, 6.07) is 7.30. The highest BCUT2D eigenvalue weighted by Gasteiger charge is 2.12. The molecule has 18 heavy (non-hydrogen) atoms. The molecule has 0 aliphatic carbocycles. The predicted octanol–water partition coefficient (Wildman–Crippen LogP) is 2.37. The molecule has 5 nitrogen and oxygen atoms in total. The molecule has 92 valence electrons. The van der Waals surface area contributed by atoms with E-state index in [-0.39, 0.29) is 0 Å². The molecule has 0 unspecified atom stereocenters. The lowest BCUT2D eigenvalue weighted by molar-refractivity contribution is 0.412. The molecule has 2 aromatic rings. The molecule has 6 heteroatoms. The first-order chi connectivity index (χ1) is 8.71. The standard InChI is InChI=1S/C12H12N4OS/c1-3-11-14-15-12(18)16(11)9-5-4-8(7-13)6-10(9)17-2/h4-6H,3H2,1-2H3,(H,15,18). The number of rotatable bonds is 3. The zero-order valence-electron chi connectivity index (χ0n) is 10.1. The Morgan fingerprint density at radius 3 is 2.94 bits per heavy atom. The number of benzene rings is 1. The van der Waals surface area contributed by atoms with E-state index in [0.717, 1.165) is 17.9 Å². The number of nitrogens with one attached hydrogen (secondary N) is 1. The van der Waals surface area contributed by atoms with Crippen molar-refractivity contribution in [3.05, 3.63) is 34.4 Å². The Morgan fingerprint density at radius 2 is 2.33 bits per heavy atom. The molecule has 0 aliphatic rings. The zero-order valence-corrected chi connectivity index (χ0v) is 10.9. The normalized spacial score (nSPS) is 10.1. The minimum atomic E-state index is 0.509. The fraction of sp³-hybridized carbons (Fsp3) is 0.250. The van der Waals surface area contributed by atoms with Gasteiger partial charge in [-0.1, -0.05) is 6.92 Å². The zero-order chi connectivity index (χ0) is 13.1. The first-order valence-corrected chi connectivity index (χ1v) is 5.87. The van der Waals surface area contributed by atoms with Crippen molar-refractivity contribution in [1.29, 1.82) is 5.26 Å². The fourth-order valence-corrected chi connectivity index (χ4v) is 2.00. The molecule has 1 aromatic carbocycles. The molecule has 1 aromatic heterocycles. The van der Waals surface area contributed by atoms with Crippen LogP contribution in [-0.4, -0.2) is 21.9 Å². The van der Waals surface area contributed by atoms with Crippen molar-refractivity contribution in [3.63, 3.8) is 0 Å². The van der Waals surface area contributed by atoms with Crippen molar-refractivity contribution < 1.29 is 4.74 Å². The van der Waals surface area contributed by atoms with Gasteiger partial charge in [-0.15, -0.1) is 0 Å². The average molecular weight is 260 g/mol. The molecule has 0 fully saturated rings. The third-order valence-electron chi connectivity index (χ3n) is 2.61. The number of hydrogen-bond acceptors (Lipinski definition) is 4. The number of nitriles is 1. The predicted molar refractivity (Wildman–Crippen MR) is 69.4 cm³/mol. The molecule has 0 aliphatic heterocycles. The molecule has 1 N–H and O–H groups in total. The van der Waals surface area contributed by atoms with Gasteiger partial charge in [0.1, 0.15) is 11.6 Å². The number of ether oxygens (including phenoxy) is 1. The van der Waals surface area contributed by atoms with Crippen LogP contribution >= 0.6 is 12.2 Å². The van der Waals surface area contributed by atoms with Gasteiger partial charge in [0.15, 0.2) is 4.77 Å². The summed E-state index contributed by atoms with van der Waals surface area (Å²) in [5, 5.41) is 15.8. The Labute approximate surface area is 110 Å². The molecule has 0 saturated heterocycles. The molecular formula is C12H12N4OS. The highest BCUT2D eigenvalue weighted by Crippen LogP contribution is 2.25. The van der Waals surface area contributed by atoms with Crippen molar-refractivity contribution in [2.75, 3.05) is 7.11 Å². The van der Waals surface area contributed by atoms with Crippen molar-refractivity contribution in [2.24, 2.45) is 0 Å². The molecule has 0 atom stereocenters. The van der Waals surface area contributed by atoms with Crippen molar-refractivity contribution in [3.8, 4) is 17.5 Å². The molecule has 0 bridgehead atoms. The van der Waals surface area contributed by atoms with Crippen LogP contribution in [0.15, 0.2) is 18.2 Å². The minimum absolute atomic E-state index is 0.509. The highest BCUT2D eigenvalue weighted by molar-refractivity contribution is 7.71. The van der Waals surface area contributed by atoms with E-state index in [4.69, 9.17) is 22.2 Å². The van der Waals surface area contributed by atoms with Crippen molar-refractivity contribution in [1.82, 2.24) is 14.8 Å². The largest absolute Gasteiger partial charge is 0.495 e. The van der Waals surface area contributed by atoms with Gasteiger partial charge in [0.25, 0.3) is 0 Å². The first-order valence-electron chi connectivity index (χ1n) is 5.46. The van der Waals surface area contributed by atoms with Gasteiger partial charge in [-0.3, -0.25) is 9.67 Å². The average Bonchev–Trinajstić information content (AvgIpc) is 2.78. The van der Waals surface area contributed by atoms with E-state index >= 15 is 0 Å². The van der Waals surface area contributed by atoms with Gasteiger partial charge in [-0.2, -0.15) is 10.4 Å². The fourth-order valence-electron chi connectivity index (χ4n) is 1.75. The number of aromatic amines is 1. The van der Waals surface area contributed by atoms with Crippen molar-refractivity contribution >= 4 is 12.2 Å². The van der Waals surface area contributed by atoms with Gasteiger partial charge in [-0.25, -0.2) is 0 Å². The van der Waals surface area contributed by atoms with Gasteiger partial charge >= 0.3 is 0 Å². The van der Waals surface area contributed by atoms with Gasteiger partial charge in [-0.05, 0) is 24.4 Å². The molecule has 0 radical (unpaired) electrons. The maximum atomic E-state index is 8.88. The van der Waals surface area contributed by atoms with Crippen LogP contribution in [-0.2, 0) is 6.42 Å². The Hall–Kier alpha value is -2.13. The third kappa shape index (κ3) is 2.00. The van der Waals surface area contributed by atoms with Gasteiger partial charge in [0.2, 0.25) is 0 Å². The second kappa shape index (κ2) is 5.02. The van der Waals surface area contributed by atoms with Gasteiger partial charge in [0, 0.05) is 12.5 Å².